The van der Waals surface area contributed by atoms with Crippen LogP contribution in [0.2, 0.25) is 0 Å². The second-order valence-corrected chi connectivity index (χ2v) is 6.40. The number of fused-ring (bicyclic) bond motifs is 1. The van der Waals surface area contributed by atoms with Crippen molar-refractivity contribution >= 4 is 17.7 Å². The Hall–Kier alpha value is -3.15. The van der Waals surface area contributed by atoms with Crippen LogP contribution in [0, 0.1) is 5.41 Å². The SMILES string of the molecule is CCC1C(c2ccc(C(=N)N)cc2)c2ccccc2C(=O)N1CC(=O)O. The van der Waals surface area contributed by atoms with E-state index in [0.717, 1.165) is 11.1 Å². The third-order valence-electron chi connectivity index (χ3n) is 4.88. The van der Waals surface area contributed by atoms with Gasteiger partial charge in [-0.2, -0.15) is 0 Å². The number of nitrogen functional groups attached to an aromatic ring is 1. The Kier molecular flexibility index (Phi) is 4.75. The molecule has 3 rings (SSSR count). The summed E-state index contributed by atoms with van der Waals surface area (Å²) in [4.78, 5) is 25.6. The first-order valence-corrected chi connectivity index (χ1v) is 8.50. The molecule has 1 heterocycles. The van der Waals surface area contributed by atoms with Crippen molar-refractivity contribution in [1.29, 1.82) is 5.41 Å². The number of carbonyl (C=O) groups excluding carboxylic acids is 1. The Morgan fingerprint density at radius 1 is 1.19 bits per heavy atom. The summed E-state index contributed by atoms with van der Waals surface area (Å²) in [5.74, 6) is -1.40. The zero-order chi connectivity index (χ0) is 18.8. The van der Waals surface area contributed by atoms with Gasteiger partial charge >= 0.3 is 5.97 Å². The van der Waals surface area contributed by atoms with Gasteiger partial charge in [0.15, 0.2) is 0 Å². The van der Waals surface area contributed by atoms with Crippen molar-refractivity contribution in [3.63, 3.8) is 0 Å². The topological polar surface area (TPSA) is 107 Å². The van der Waals surface area contributed by atoms with Gasteiger partial charge < -0.3 is 15.7 Å². The third kappa shape index (κ3) is 3.06. The van der Waals surface area contributed by atoms with Gasteiger partial charge in [0.05, 0.1) is 0 Å². The largest absolute Gasteiger partial charge is 0.480 e. The minimum absolute atomic E-state index is 0.00434. The number of benzene rings is 2. The second kappa shape index (κ2) is 7.00. The molecule has 0 bridgehead atoms. The summed E-state index contributed by atoms with van der Waals surface area (Å²) in [6.45, 7) is 1.63. The van der Waals surface area contributed by atoms with E-state index in [0.29, 0.717) is 17.5 Å². The molecule has 1 aliphatic heterocycles. The van der Waals surface area contributed by atoms with Gasteiger partial charge in [0.2, 0.25) is 0 Å². The molecule has 4 N–H and O–H groups in total. The van der Waals surface area contributed by atoms with Crippen molar-refractivity contribution in [2.75, 3.05) is 6.54 Å². The summed E-state index contributed by atoms with van der Waals surface area (Å²) in [6, 6.07) is 14.5. The standard InChI is InChI=1S/C20H21N3O3/c1-2-16-18(12-7-9-13(10-8-12)19(21)22)14-5-3-4-6-15(14)20(26)23(16)11-17(24)25/h3-10,16,18H,2,11H2,1H3,(H3,21,22)(H,24,25). The van der Waals surface area contributed by atoms with Crippen LogP contribution in [-0.2, 0) is 4.79 Å². The number of hydrogen-bond acceptors (Lipinski definition) is 3. The number of nitrogens with one attached hydrogen (secondary N) is 1. The average Bonchev–Trinajstić information content (AvgIpc) is 2.63. The molecule has 0 aromatic heterocycles. The minimum atomic E-state index is -1.03. The number of carbonyl (C=O) groups is 2. The van der Waals surface area contributed by atoms with Crippen LogP contribution in [0.25, 0.3) is 0 Å². The molecule has 0 saturated carbocycles. The lowest BCUT2D eigenvalue weighted by molar-refractivity contribution is -0.138. The van der Waals surface area contributed by atoms with Crippen LogP contribution in [0.4, 0.5) is 0 Å². The van der Waals surface area contributed by atoms with Crippen LogP contribution in [0.15, 0.2) is 48.5 Å². The lowest BCUT2D eigenvalue weighted by atomic mass is 9.77. The molecular formula is C20H21N3O3. The summed E-state index contributed by atoms with van der Waals surface area (Å²) >= 11 is 0. The Labute approximate surface area is 151 Å². The summed E-state index contributed by atoms with van der Waals surface area (Å²) in [5, 5.41) is 16.8. The molecule has 2 aromatic carbocycles. The Balaban J connectivity index is 2.13. The van der Waals surface area contributed by atoms with Crippen molar-refractivity contribution in [2.24, 2.45) is 5.73 Å². The van der Waals surface area contributed by atoms with E-state index < -0.39 is 5.97 Å². The van der Waals surface area contributed by atoms with Crippen molar-refractivity contribution in [3.8, 4) is 0 Å². The van der Waals surface area contributed by atoms with Crippen LogP contribution in [0.3, 0.4) is 0 Å². The molecule has 0 fully saturated rings. The third-order valence-corrected chi connectivity index (χ3v) is 4.88. The van der Waals surface area contributed by atoms with Gasteiger partial charge in [-0.25, -0.2) is 0 Å². The normalized spacial score (nSPS) is 19.1. The summed E-state index contributed by atoms with van der Waals surface area (Å²) < 4.78 is 0. The van der Waals surface area contributed by atoms with Crippen molar-refractivity contribution in [1.82, 2.24) is 4.90 Å². The fourth-order valence-corrected chi connectivity index (χ4v) is 3.72. The molecular weight excluding hydrogens is 330 g/mol. The summed E-state index contributed by atoms with van der Waals surface area (Å²) in [5.41, 5.74) is 8.58. The van der Waals surface area contributed by atoms with Crippen LogP contribution in [0.5, 0.6) is 0 Å². The van der Waals surface area contributed by atoms with Crippen LogP contribution >= 0.6 is 0 Å². The van der Waals surface area contributed by atoms with Gasteiger partial charge in [-0.1, -0.05) is 49.4 Å². The van der Waals surface area contributed by atoms with Crippen LogP contribution < -0.4 is 5.73 Å². The molecule has 26 heavy (non-hydrogen) atoms. The molecule has 0 saturated heterocycles. The maximum Gasteiger partial charge on any atom is 0.323 e. The molecule has 2 atom stereocenters. The average molecular weight is 351 g/mol. The lowest BCUT2D eigenvalue weighted by Gasteiger charge is -2.41. The maximum absolute atomic E-state index is 12.9. The van der Waals surface area contributed by atoms with Crippen molar-refractivity contribution in [3.05, 3.63) is 70.8 Å². The Morgan fingerprint density at radius 3 is 2.42 bits per heavy atom. The first kappa shape index (κ1) is 17.7. The number of aliphatic carboxylic acids is 1. The molecule has 6 nitrogen and oxygen atoms in total. The predicted molar refractivity (Wildman–Crippen MR) is 98.5 cm³/mol. The van der Waals surface area contributed by atoms with E-state index in [1.54, 1.807) is 24.3 Å². The first-order valence-electron chi connectivity index (χ1n) is 8.50. The van der Waals surface area contributed by atoms with Gasteiger partial charge in [0.1, 0.15) is 12.4 Å². The van der Waals surface area contributed by atoms with Crippen LogP contribution in [0.1, 0.15) is 46.3 Å². The highest BCUT2D eigenvalue weighted by atomic mass is 16.4. The van der Waals surface area contributed by atoms with Crippen molar-refractivity contribution < 1.29 is 14.7 Å². The van der Waals surface area contributed by atoms with Gasteiger partial charge in [-0.05, 0) is 23.6 Å². The van der Waals surface area contributed by atoms with E-state index in [4.69, 9.17) is 11.1 Å². The number of amides is 1. The molecule has 2 aromatic rings. The zero-order valence-corrected chi connectivity index (χ0v) is 14.5. The van der Waals surface area contributed by atoms with Gasteiger partial charge in [-0.3, -0.25) is 15.0 Å². The number of hydrogen-bond donors (Lipinski definition) is 3. The number of nitrogens with two attached hydrogens (primary N) is 1. The number of carboxylic acids is 1. The van der Waals surface area contributed by atoms with Gasteiger partial charge in [0.25, 0.3) is 5.91 Å². The number of amidine groups is 1. The van der Waals surface area contributed by atoms with Gasteiger partial charge in [0, 0.05) is 23.1 Å². The molecule has 0 radical (unpaired) electrons. The highest BCUT2D eigenvalue weighted by molar-refractivity contribution is 5.99. The lowest BCUT2D eigenvalue weighted by Crippen LogP contribution is -2.50. The van der Waals surface area contributed by atoms with E-state index in [-0.39, 0.29) is 30.2 Å². The Morgan fingerprint density at radius 2 is 1.85 bits per heavy atom. The molecule has 1 aliphatic rings. The fourth-order valence-electron chi connectivity index (χ4n) is 3.72. The Bertz CT molecular complexity index is 861. The smallest absolute Gasteiger partial charge is 0.323 e. The quantitative estimate of drug-likeness (QED) is 0.568. The molecule has 134 valence electrons. The van der Waals surface area contributed by atoms with Crippen LogP contribution in [-0.4, -0.2) is 40.3 Å². The summed E-state index contributed by atoms with van der Waals surface area (Å²) in [6.07, 6.45) is 0.631. The number of rotatable bonds is 5. The van der Waals surface area contributed by atoms with Gasteiger partial charge in [-0.15, -0.1) is 0 Å². The first-order chi connectivity index (χ1) is 12.4. The maximum atomic E-state index is 12.9. The van der Waals surface area contributed by atoms with Crippen molar-refractivity contribution in [2.45, 2.75) is 25.3 Å². The molecule has 1 amide bonds. The van der Waals surface area contributed by atoms with E-state index in [2.05, 4.69) is 0 Å². The fraction of sp³-hybridized carbons (Fsp3) is 0.250. The molecule has 6 heteroatoms. The van der Waals surface area contributed by atoms with E-state index in [1.165, 1.54) is 4.90 Å². The highest BCUT2D eigenvalue weighted by Crippen LogP contribution is 2.39. The zero-order valence-electron chi connectivity index (χ0n) is 14.5. The molecule has 0 aliphatic carbocycles. The number of nitrogens with zero attached hydrogens (tertiary/aromatic N) is 1. The molecule has 0 spiro atoms. The summed E-state index contributed by atoms with van der Waals surface area (Å²) in [7, 11) is 0. The molecule has 2 unspecified atom stereocenters. The predicted octanol–water partition coefficient (Wildman–Crippen LogP) is 2.42. The van der Waals surface area contributed by atoms with E-state index in [9.17, 15) is 14.7 Å². The van der Waals surface area contributed by atoms with E-state index >= 15 is 0 Å². The monoisotopic (exact) mass is 351 g/mol. The number of carboxylic acid groups (broad SMARTS) is 1. The second-order valence-electron chi connectivity index (χ2n) is 6.40. The minimum Gasteiger partial charge on any atom is -0.480 e. The van der Waals surface area contributed by atoms with E-state index in [1.807, 2.05) is 31.2 Å². The highest BCUT2D eigenvalue weighted by Gasteiger charge is 2.40.